The van der Waals surface area contributed by atoms with E-state index in [0.717, 1.165) is 21.0 Å². The first-order valence-electron chi connectivity index (χ1n) is 11.9. The summed E-state index contributed by atoms with van der Waals surface area (Å²) < 4.78 is 28.6. The van der Waals surface area contributed by atoms with E-state index in [1.54, 1.807) is 37.3 Å². The second kappa shape index (κ2) is 11.9. The molecule has 0 aromatic heterocycles. The first-order chi connectivity index (χ1) is 17.1. The van der Waals surface area contributed by atoms with Crippen LogP contribution in [0.1, 0.15) is 30.5 Å². The Hall–Kier alpha value is -3.65. The van der Waals surface area contributed by atoms with Gasteiger partial charge in [-0.2, -0.15) is 0 Å². The number of sulfonamides is 1. The second-order valence-corrected chi connectivity index (χ2v) is 10.6. The van der Waals surface area contributed by atoms with E-state index in [-0.39, 0.29) is 17.3 Å². The molecule has 0 heterocycles. The van der Waals surface area contributed by atoms with Crippen LogP contribution in [-0.4, -0.2) is 44.3 Å². The number of benzene rings is 3. The van der Waals surface area contributed by atoms with E-state index in [4.69, 9.17) is 0 Å². The van der Waals surface area contributed by atoms with Crippen LogP contribution in [0.25, 0.3) is 0 Å². The zero-order valence-corrected chi connectivity index (χ0v) is 22.0. The van der Waals surface area contributed by atoms with Gasteiger partial charge in [0.25, 0.3) is 10.0 Å². The van der Waals surface area contributed by atoms with Crippen molar-refractivity contribution in [3.05, 3.63) is 95.6 Å². The number of anilines is 1. The second-order valence-electron chi connectivity index (χ2n) is 8.75. The largest absolute Gasteiger partial charge is 0.355 e. The molecule has 0 saturated heterocycles. The Morgan fingerprint density at radius 2 is 1.44 bits per heavy atom. The molecule has 3 aromatic carbocycles. The van der Waals surface area contributed by atoms with Crippen molar-refractivity contribution in [2.45, 2.75) is 45.2 Å². The molecule has 190 valence electrons. The zero-order chi connectivity index (χ0) is 26.3. The molecule has 0 aliphatic heterocycles. The Morgan fingerprint density at radius 1 is 0.889 bits per heavy atom. The summed E-state index contributed by atoms with van der Waals surface area (Å²) in [5.41, 5.74) is 2.99. The summed E-state index contributed by atoms with van der Waals surface area (Å²) in [6, 6.07) is 22.0. The van der Waals surface area contributed by atoms with Gasteiger partial charge in [-0.05, 0) is 68.7 Å². The summed E-state index contributed by atoms with van der Waals surface area (Å²) >= 11 is 0. The van der Waals surface area contributed by atoms with Gasteiger partial charge in [0.15, 0.2) is 0 Å². The number of likely N-dealkylation sites (N-methyl/N-ethyl adjacent to an activating group) is 1. The van der Waals surface area contributed by atoms with E-state index < -0.39 is 28.5 Å². The van der Waals surface area contributed by atoms with E-state index in [1.807, 2.05) is 57.2 Å². The lowest BCUT2D eigenvalue weighted by Gasteiger charge is -2.32. The van der Waals surface area contributed by atoms with Gasteiger partial charge in [0.1, 0.15) is 12.6 Å². The van der Waals surface area contributed by atoms with Gasteiger partial charge < -0.3 is 10.2 Å². The molecule has 3 aromatic rings. The molecule has 3 rings (SSSR count). The van der Waals surface area contributed by atoms with Crippen LogP contribution in [0, 0.1) is 13.8 Å². The monoisotopic (exact) mass is 507 g/mol. The first kappa shape index (κ1) is 26.9. The normalized spacial score (nSPS) is 12.0. The topological polar surface area (TPSA) is 86.8 Å². The quantitative estimate of drug-likeness (QED) is 0.449. The minimum atomic E-state index is -4.06. The van der Waals surface area contributed by atoms with Crippen LogP contribution in [0.4, 0.5) is 5.69 Å². The summed E-state index contributed by atoms with van der Waals surface area (Å²) in [4.78, 5) is 28.0. The van der Waals surface area contributed by atoms with Gasteiger partial charge in [-0.25, -0.2) is 8.42 Å². The molecule has 0 aliphatic rings. The number of nitrogens with one attached hydrogen (secondary N) is 1. The molecule has 1 N–H and O–H groups in total. The molecule has 7 nitrogen and oxygen atoms in total. The molecule has 0 fully saturated rings. The number of hydrogen-bond donors (Lipinski definition) is 1. The fourth-order valence-electron chi connectivity index (χ4n) is 4.03. The Kier molecular flexibility index (Phi) is 8.88. The Morgan fingerprint density at radius 3 is 2.00 bits per heavy atom. The maximum atomic E-state index is 13.8. The van der Waals surface area contributed by atoms with Crippen LogP contribution in [-0.2, 0) is 26.2 Å². The van der Waals surface area contributed by atoms with Crippen LogP contribution in [0.5, 0.6) is 0 Å². The van der Waals surface area contributed by atoms with Gasteiger partial charge in [-0.3, -0.25) is 13.9 Å². The minimum absolute atomic E-state index is 0.0864. The molecular formula is C28H33N3O4S. The molecule has 0 bridgehead atoms. The predicted octanol–water partition coefficient (Wildman–Crippen LogP) is 4.05. The van der Waals surface area contributed by atoms with Crippen molar-refractivity contribution in [1.82, 2.24) is 10.2 Å². The lowest BCUT2D eigenvalue weighted by Crippen LogP contribution is -2.51. The molecular weight excluding hydrogens is 474 g/mol. The fraction of sp³-hybridized carbons (Fsp3) is 0.286. The number of carbonyl (C=O) groups excluding carboxylic acids is 2. The highest BCUT2D eigenvalue weighted by Crippen LogP contribution is 2.26. The number of hydrogen-bond acceptors (Lipinski definition) is 4. The van der Waals surface area contributed by atoms with Crippen LogP contribution in [0.2, 0.25) is 0 Å². The molecule has 8 heteroatoms. The SMILES string of the molecule is CCNC(=O)[C@H](C)N(Cc1ccccc1)C(=O)CN(c1cc(C)cc(C)c1)S(=O)(=O)c1ccccc1. The number of aryl methyl sites for hydroxylation is 2. The van der Waals surface area contributed by atoms with Crippen molar-refractivity contribution in [1.29, 1.82) is 0 Å². The molecule has 36 heavy (non-hydrogen) atoms. The molecule has 0 spiro atoms. The molecule has 1 atom stereocenters. The van der Waals surface area contributed by atoms with Crippen LogP contribution in [0.15, 0.2) is 83.8 Å². The van der Waals surface area contributed by atoms with Crippen molar-refractivity contribution >= 4 is 27.5 Å². The van der Waals surface area contributed by atoms with Gasteiger partial charge in [-0.1, -0.05) is 54.6 Å². The number of carbonyl (C=O) groups is 2. The number of amides is 2. The van der Waals surface area contributed by atoms with E-state index in [9.17, 15) is 18.0 Å². The third kappa shape index (κ3) is 6.51. The minimum Gasteiger partial charge on any atom is -0.355 e. The molecule has 0 unspecified atom stereocenters. The Balaban J connectivity index is 2.04. The standard InChI is InChI=1S/C28H33N3O4S/c1-5-29-28(33)23(4)30(19-24-12-8-6-9-13-24)27(32)20-31(25-17-21(2)16-22(3)18-25)36(34,35)26-14-10-7-11-15-26/h6-18,23H,5,19-20H2,1-4H3,(H,29,33)/t23-/m0/s1. The maximum absolute atomic E-state index is 13.8. The summed E-state index contributed by atoms with van der Waals surface area (Å²) in [6.45, 7) is 7.37. The van der Waals surface area contributed by atoms with Crippen molar-refractivity contribution in [3.63, 3.8) is 0 Å². The highest BCUT2D eigenvalue weighted by Gasteiger charge is 2.32. The van der Waals surface area contributed by atoms with Crippen molar-refractivity contribution < 1.29 is 18.0 Å². The molecule has 2 amide bonds. The van der Waals surface area contributed by atoms with Gasteiger partial charge in [0, 0.05) is 13.1 Å². The summed E-state index contributed by atoms with van der Waals surface area (Å²) in [7, 11) is -4.06. The summed E-state index contributed by atoms with van der Waals surface area (Å²) in [5.74, 6) is -0.776. The van der Waals surface area contributed by atoms with E-state index >= 15 is 0 Å². The Labute approximate surface area is 213 Å². The van der Waals surface area contributed by atoms with Crippen LogP contribution in [0.3, 0.4) is 0 Å². The number of rotatable bonds is 10. The third-order valence-electron chi connectivity index (χ3n) is 5.82. The smallest absolute Gasteiger partial charge is 0.264 e. The van der Waals surface area contributed by atoms with Gasteiger partial charge in [-0.15, -0.1) is 0 Å². The molecule has 0 aliphatic carbocycles. The maximum Gasteiger partial charge on any atom is 0.264 e. The molecule has 0 radical (unpaired) electrons. The van der Waals surface area contributed by atoms with Gasteiger partial charge in [0.05, 0.1) is 10.6 Å². The lowest BCUT2D eigenvalue weighted by atomic mass is 10.1. The summed E-state index contributed by atoms with van der Waals surface area (Å²) in [5, 5.41) is 2.76. The van der Waals surface area contributed by atoms with E-state index in [0.29, 0.717) is 12.2 Å². The molecule has 0 saturated carbocycles. The van der Waals surface area contributed by atoms with Crippen LogP contribution < -0.4 is 9.62 Å². The zero-order valence-electron chi connectivity index (χ0n) is 21.1. The van der Waals surface area contributed by atoms with Gasteiger partial charge in [0.2, 0.25) is 11.8 Å². The van der Waals surface area contributed by atoms with E-state index in [2.05, 4.69) is 5.32 Å². The lowest BCUT2D eigenvalue weighted by molar-refractivity contribution is -0.139. The first-order valence-corrected chi connectivity index (χ1v) is 13.3. The van der Waals surface area contributed by atoms with Crippen LogP contribution >= 0.6 is 0 Å². The fourth-order valence-corrected chi connectivity index (χ4v) is 5.45. The van der Waals surface area contributed by atoms with Crippen molar-refractivity contribution in [2.75, 3.05) is 17.4 Å². The average Bonchev–Trinajstić information content (AvgIpc) is 2.86. The third-order valence-corrected chi connectivity index (χ3v) is 7.61. The summed E-state index contributed by atoms with van der Waals surface area (Å²) in [6.07, 6.45) is 0. The number of nitrogens with zero attached hydrogens (tertiary/aromatic N) is 2. The van der Waals surface area contributed by atoms with Gasteiger partial charge >= 0.3 is 0 Å². The Bertz CT molecular complexity index is 1270. The average molecular weight is 508 g/mol. The van der Waals surface area contributed by atoms with Crippen molar-refractivity contribution in [3.8, 4) is 0 Å². The highest BCUT2D eigenvalue weighted by molar-refractivity contribution is 7.92. The van der Waals surface area contributed by atoms with Crippen molar-refractivity contribution in [2.24, 2.45) is 0 Å². The predicted molar refractivity (Wildman–Crippen MR) is 142 cm³/mol. The van der Waals surface area contributed by atoms with E-state index in [1.165, 1.54) is 17.0 Å². The highest BCUT2D eigenvalue weighted by atomic mass is 32.2.